The van der Waals surface area contributed by atoms with Gasteiger partial charge in [-0.2, -0.15) is 0 Å². The Morgan fingerprint density at radius 3 is 1.69 bits per heavy atom. The van der Waals surface area contributed by atoms with Gasteiger partial charge in [0.05, 0.1) is 13.2 Å². The van der Waals surface area contributed by atoms with Crippen LogP contribution in [0, 0.1) is 0 Å². The summed E-state index contributed by atoms with van der Waals surface area (Å²) in [5.41, 5.74) is 0. The summed E-state index contributed by atoms with van der Waals surface area (Å²) in [5, 5.41) is 22.5. The molecule has 2 atom stereocenters. The summed E-state index contributed by atoms with van der Waals surface area (Å²) in [6, 6.07) is -1.38. The number of aliphatic carboxylic acids is 1. The number of ether oxygens (including phenoxy) is 1. The van der Waals surface area contributed by atoms with E-state index in [9.17, 15) is 19.2 Å². The first-order chi connectivity index (χ1) is 26.3. The number of nitrogens with one attached hydrogen (secondary N) is 2. The highest BCUT2D eigenvalue weighted by Crippen LogP contribution is 2.15. The molecule has 0 saturated carbocycles. The third kappa shape index (κ3) is 35.8. The zero-order chi connectivity index (χ0) is 39.7. The molecule has 54 heavy (non-hydrogen) atoms. The van der Waals surface area contributed by atoms with Crippen molar-refractivity contribution >= 4 is 23.8 Å². The van der Waals surface area contributed by atoms with Gasteiger partial charge in [0.1, 0.15) is 12.1 Å². The second-order valence-electron chi connectivity index (χ2n) is 14.4. The average molecular weight is 759 g/mol. The van der Waals surface area contributed by atoms with Crippen LogP contribution in [0.2, 0.25) is 0 Å². The van der Waals surface area contributed by atoms with Crippen molar-refractivity contribution in [3.63, 3.8) is 0 Å². The van der Waals surface area contributed by atoms with Crippen LogP contribution in [0.15, 0.2) is 48.6 Å². The molecule has 0 aliphatic carbocycles. The number of carboxylic acid groups (broad SMARTS) is 1. The van der Waals surface area contributed by atoms with Gasteiger partial charge in [-0.15, -0.1) is 0 Å². The lowest BCUT2D eigenvalue weighted by Crippen LogP contribution is -2.47. The Kier molecular flexibility index (Phi) is 37.2. The van der Waals surface area contributed by atoms with Crippen molar-refractivity contribution in [2.75, 3.05) is 13.2 Å². The number of aliphatic hydroxyl groups is 1. The van der Waals surface area contributed by atoms with Crippen LogP contribution in [-0.4, -0.2) is 59.3 Å². The number of esters is 1. The minimum Gasteiger partial charge on any atom is -0.480 e. The third-order valence-corrected chi connectivity index (χ3v) is 9.29. The number of hydrogen-bond acceptors (Lipinski definition) is 6. The van der Waals surface area contributed by atoms with Crippen molar-refractivity contribution in [1.29, 1.82) is 0 Å². The number of amides is 2. The third-order valence-electron chi connectivity index (χ3n) is 9.29. The zero-order valence-corrected chi connectivity index (χ0v) is 34.2. The molecule has 9 nitrogen and oxygen atoms in total. The van der Waals surface area contributed by atoms with Gasteiger partial charge in [0, 0.05) is 12.8 Å². The summed E-state index contributed by atoms with van der Waals surface area (Å²) < 4.78 is 5.91. The zero-order valence-electron chi connectivity index (χ0n) is 34.2. The molecule has 0 spiro atoms. The van der Waals surface area contributed by atoms with Crippen molar-refractivity contribution < 1.29 is 34.1 Å². The first kappa shape index (κ1) is 50.8. The van der Waals surface area contributed by atoms with Gasteiger partial charge in [0.25, 0.3) is 0 Å². The number of rotatable bonds is 38. The Balaban J connectivity index is 4.24. The molecule has 2 amide bonds. The largest absolute Gasteiger partial charge is 0.480 e. The number of carbonyl (C=O) groups is 4. The molecule has 0 rings (SSSR count). The SMILES string of the molecule is CC/C=C\C/C=C\C/C=C\C(CCCCCCCCC(=O)NCC(=O)NC(CO)C(=O)O)OC(=O)CCCCCCCCC/C=C\CCCCCCCC. The lowest BCUT2D eigenvalue weighted by atomic mass is 10.1. The van der Waals surface area contributed by atoms with Gasteiger partial charge in [0.2, 0.25) is 11.8 Å². The summed E-state index contributed by atoms with van der Waals surface area (Å²) in [7, 11) is 0. The summed E-state index contributed by atoms with van der Waals surface area (Å²) in [4.78, 5) is 47.4. The van der Waals surface area contributed by atoms with Crippen molar-refractivity contribution in [3.05, 3.63) is 48.6 Å². The Hall–Kier alpha value is -3.20. The van der Waals surface area contributed by atoms with E-state index < -0.39 is 24.5 Å². The molecular formula is C45H78N2O7. The van der Waals surface area contributed by atoms with Crippen LogP contribution in [0.4, 0.5) is 0 Å². The molecule has 9 heteroatoms. The van der Waals surface area contributed by atoms with Crippen LogP contribution in [0.5, 0.6) is 0 Å². The lowest BCUT2D eigenvalue weighted by Gasteiger charge is -2.15. The highest BCUT2D eigenvalue weighted by molar-refractivity contribution is 5.87. The predicted octanol–water partition coefficient (Wildman–Crippen LogP) is 10.4. The van der Waals surface area contributed by atoms with E-state index in [-0.39, 0.29) is 24.5 Å². The molecule has 0 heterocycles. The lowest BCUT2D eigenvalue weighted by molar-refractivity contribution is -0.147. The first-order valence-electron chi connectivity index (χ1n) is 21.5. The highest BCUT2D eigenvalue weighted by Gasteiger charge is 2.18. The molecule has 0 aliphatic heterocycles. The van der Waals surface area contributed by atoms with Crippen LogP contribution in [-0.2, 0) is 23.9 Å². The molecular weight excluding hydrogens is 681 g/mol. The number of unbranched alkanes of at least 4 members (excludes halogenated alkanes) is 18. The van der Waals surface area contributed by atoms with E-state index in [2.05, 4.69) is 67.0 Å². The molecule has 0 fully saturated rings. The van der Waals surface area contributed by atoms with E-state index in [1.807, 2.05) is 6.08 Å². The molecule has 0 radical (unpaired) electrons. The Bertz CT molecular complexity index is 1050. The van der Waals surface area contributed by atoms with Crippen molar-refractivity contribution in [2.45, 2.75) is 199 Å². The van der Waals surface area contributed by atoms with Crippen LogP contribution >= 0.6 is 0 Å². The molecule has 310 valence electrons. The van der Waals surface area contributed by atoms with E-state index in [1.165, 1.54) is 83.5 Å². The second-order valence-corrected chi connectivity index (χ2v) is 14.4. The standard InChI is InChI=1S/C45H78N2O7/c1-3-5-7-9-11-13-14-15-16-17-18-19-20-21-23-29-33-37-44(51)54-40(34-30-26-22-12-10-8-6-4-2)35-31-27-24-25-28-32-36-42(49)46-38-43(50)47-41(39-48)45(52)53/h6,8,12,15-16,22,30,34,40-41,48H,3-5,7,9-11,13-14,17-21,23-29,31-33,35-39H2,1-2H3,(H,46,49)(H,47,50)(H,52,53)/b8-6-,16-15-,22-12-,34-30-. The molecule has 0 saturated heterocycles. The number of allylic oxidation sites excluding steroid dienone is 7. The van der Waals surface area contributed by atoms with E-state index in [4.69, 9.17) is 14.9 Å². The molecule has 0 aliphatic rings. The van der Waals surface area contributed by atoms with Gasteiger partial charge in [-0.25, -0.2) is 4.79 Å². The van der Waals surface area contributed by atoms with E-state index >= 15 is 0 Å². The smallest absolute Gasteiger partial charge is 0.328 e. The molecule has 0 aromatic carbocycles. The molecule has 2 unspecified atom stereocenters. The summed E-state index contributed by atoms with van der Waals surface area (Å²) in [6.07, 6.45) is 46.0. The van der Waals surface area contributed by atoms with Gasteiger partial charge in [-0.3, -0.25) is 14.4 Å². The van der Waals surface area contributed by atoms with E-state index in [0.717, 1.165) is 70.6 Å². The van der Waals surface area contributed by atoms with Gasteiger partial charge >= 0.3 is 11.9 Å². The van der Waals surface area contributed by atoms with Crippen LogP contribution in [0.1, 0.15) is 187 Å². The molecule has 0 aromatic rings. The van der Waals surface area contributed by atoms with E-state index in [0.29, 0.717) is 19.3 Å². The number of hydrogen-bond donors (Lipinski definition) is 4. The second kappa shape index (κ2) is 39.5. The van der Waals surface area contributed by atoms with E-state index in [1.54, 1.807) is 0 Å². The van der Waals surface area contributed by atoms with Crippen molar-refractivity contribution in [1.82, 2.24) is 10.6 Å². The van der Waals surface area contributed by atoms with Gasteiger partial charge in [-0.1, -0.05) is 146 Å². The minimum absolute atomic E-state index is 0.108. The number of carbonyl (C=O) groups excluding carboxylic acids is 3. The summed E-state index contributed by atoms with van der Waals surface area (Å²) in [5.74, 6) is -2.37. The normalized spacial score (nSPS) is 12.9. The fourth-order valence-corrected chi connectivity index (χ4v) is 5.99. The first-order valence-corrected chi connectivity index (χ1v) is 21.5. The van der Waals surface area contributed by atoms with Gasteiger partial charge in [0.15, 0.2) is 0 Å². The Labute approximate surface area is 328 Å². The fraction of sp³-hybridized carbons (Fsp3) is 0.733. The quantitative estimate of drug-likeness (QED) is 0.0279. The van der Waals surface area contributed by atoms with Gasteiger partial charge < -0.3 is 25.6 Å². The minimum atomic E-state index is -1.38. The van der Waals surface area contributed by atoms with Crippen molar-refractivity contribution in [2.24, 2.45) is 0 Å². The average Bonchev–Trinajstić information content (AvgIpc) is 3.15. The topological polar surface area (TPSA) is 142 Å². The fourth-order valence-electron chi connectivity index (χ4n) is 5.99. The summed E-state index contributed by atoms with van der Waals surface area (Å²) in [6.45, 7) is 3.35. The molecule has 0 aromatic heterocycles. The highest BCUT2D eigenvalue weighted by atomic mass is 16.5. The van der Waals surface area contributed by atoms with Crippen LogP contribution in [0.25, 0.3) is 0 Å². The Morgan fingerprint density at radius 2 is 1.11 bits per heavy atom. The van der Waals surface area contributed by atoms with Crippen LogP contribution < -0.4 is 10.6 Å². The van der Waals surface area contributed by atoms with Crippen molar-refractivity contribution in [3.8, 4) is 0 Å². The molecule has 0 bridgehead atoms. The maximum Gasteiger partial charge on any atom is 0.328 e. The van der Waals surface area contributed by atoms with Crippen LogP contribution in [0.3, 0.4) is 0 Å². The maximum atomic E-state index is 12.7. The predicted molar refractivity (Wildman–Crippen MR) is 222 cm³/mol. The summed E-state index contributed by atoms with van der Waals surface area (Å²) >= 11 is 0. The molecule has 4 N–H and O–H groups in total. The van der Waals surface area contributed by atoms with Gasteiger partial charge in [-0.05, 0) is 76.7 Å². The monoisotopic (exact) mass is 759 g/mol. The Morgan fingerprint density at radius 1 is 0.593 bits per heavy atom. The number of carboxylic acids is 1. The number of aliphatic hydroxyl groups excluding tert-OH is 1. The maximum absolute atomic E-state index is 12.7.